The molecule has 0 saturated carbocycles. The molecule has 0 bridgehead atoms. The Bertz CT molecular complexity index is 1730. The molecule has 4 aromatic rings. The number of rotatable bonds is 5. The Hall–Kier alpha value is -3.76. The van der Waals surface area contributed by atoms with Gasteiger partial charge in [-0.1, -0.05) is 24.2 Å². The highest BCUT2D eigenvalue weighted by Gasteiger charge is 2.36. The van der Waals surface area contributed by atoms with Crippen molar-refractivity contribution in [3.63, 3.8) is 0 Å². The molecule has 9 nitrogen and oxygen atoms in total. The first-order valence-electron chi connectivity index (χ1n) is 14.3. The summed E-state index contributed by atoms with van der Waals surface area (Å²) < 4.78 is 16.9. The summed E-state index contributed by atoms with van der Waals surface area (Å²) in [4.78, 5) is 38.4. The minimum Gasteiger partial charge on any atom is -0.349 e. The zero-order valence-corrected chi connectivity index (χ0v) is 25.6. The van der Waals surface area contributed by atoms with E-state index in [2.05, 4.69) is 45.3 Å². The zero-order chi connectivity index (χ0) is 30.0. The fourth-order valence-corrected chi connectivity index (χ4v) is 6.46. The van der Waals surface area contributed by atoms with Gasteiger partial charge in [0, 0.05) is 60.8 Å². The number of halogens is 2. The smallest absolute Gasteiger partial charge is 0.246 e. The van der Waals surface area contributed by atoms with Crippen molar-refractivity contribution in [1.29, 1.82) is 0 Å². The Morgan fingerprint density at radius 2 is 1.83 bits per heavy atom. The van der Waals surface area contributed by atoms with Gasteiger partial charge in [0.05, 0.1) is 16.1 Å². The van der Waals surface area contributed by atoms with Gasteiger partial charge in [-0.15, -0.1) is 0 Å². The average Bonchev–Trinajstić information content (AvgIpc) is 3.29. The van der Waals surface area contributed by atoms with Crippen LogP contribution >= 0.6 is 11.6 Å². The van der Waals surface area contributed by atoms with E-state index in [9.17, 15) is 4.79 Å². The fourth-order valence-electron chi connectivity index (χ4n) is 6.18. The topological polar surface area (TPSA) is 84.5 Å². The number of likely N-dealkylation sites (N-methyl/N-ethyl adjacent to an activating group) is 1. The summed E-state index contributed by atoms with van der Waals surface area (Å²) in [5, 5.41) is 0.820. The van der Waals surface area contributed by atoms with Crippen LogP contribution in [0.5, 0.6) is 0 Å². The van der Waals surface area contributed by atoms with E-state index in [0.717, 1.165) is 35.5 Å². The van der Waals surface area contributed by atoms with Gasteiger partial charge in [0.25, 0.3) is 0 Å². The van der Waals surface area contributed by atoms with Crippen LogP contribution in [0.15, 0.2) is 30.9 Å². The number of piperazine rings is 1. The van der Waals surface area contributed by atoms with Crippen molar-refractivity contribution in [3.05, 3.63) is 53.1 Å². The molecule has 2 fully saturated rings. The lowest BCUT2D eigenvalue weighted by atomic mass is 9.96. The van der Waals surface area contributed by atoms with Crippen molar-refractivity contribution in [2.45, 2.75) is 45.8 Å². The van der Waals surface area contributed by atoms with Crippen LogP contribution in [0.2, 0.25) is 5.02 Å². The van der Waals surface area contributed by atoms with Crippen molar-refractivity contribution in [1.82, 2.24) is 29.7 Å². The summed E-state index contributed by atoms with van der Waals surface area (Å²) >= 11 is 6.95. The quantitative estimate of drug-likeness (QED) is 0.329. The molecule has 2 aromatic heterocycles. The Morgan fingerprint density at radius 3 is 2.52 bits per heavy atom. The molecule has 1 amide bonds. The van der Waals surface area contributed by atoms with Crippen molar-refractivity contribution < 1.29 is 9.18 Å². The zero-order valence-electron chi connectivity index (χ0n) is 24.9. The van der Waals surface area contributed by atoms with Gasteiger partial charge in [-0.25, -0.2) is 14.4 Å². The number of carbonyl (C=O) groups is 1. The summed E-state index contributed by atoms with van der Waals surface area (Å²) in [6.07, 6.45) is 1.35. The minimum atomic E-state index is -0.490. The molecule has 0 unspecified atom stereocenters. The number of benzene rings is 2. The predicted octanol–water partition coefficient (Wildman–Crippen LogP) is 4.94. The number of aromatic nitrogens is 4. The summed E-state index contributed by atoms with van der Waals surface area (Å²) in [5.74, 6) is 1.25. The van der Waals surface area contributed by atoms with Gasteiger partial charge in [0.2, 0.25) is 11.9 Å². The van der Waals surface area contributed by atoms with Gasteiger partial charge in [-0.05, 0) is 65.6 Å². The van der Waals surface area contributed by atoms with Crippen LogP contribution in [0.3, 0.4) is 0 Å². The molecule has 0 radical (unpaired) electrons. The van der Waals surface area contributed by atoms with Crippen molar-refractivity contribution >= 4 is 51.2 Å². The van der Waals surface area contributed by atoms with Crippen LogP contribution in [-0.2, 0) is 4.79 Å². The third-order valence-corrected chi connectivity index (χ3v) is 8.98. The number of aryl methyl sites for hydroxylation is 2. The van der Waals surface area contributed by atoms with Crippen LogP contribution in [0, 0.1) is 19.7 Å². The second kappa shape index (κ2) is 10.5. The molecule has 0 spiro atoms. The first-order valence-corrected chi connectivity index (χ1v) is 14.6. The number of amides is 1. The number of hydrogen-bond donors (Lipinski definition) is 1. The molecule has 4 heterocycles. The maximum absolute atomic E-state index is 16.9. The summed E-state index contributed by atoms with van der Waals surface area (Å²) in [6.45, 7) is 14.0. The molecule has 2 aliphatic heterocycles. The highest BCUT2D eigenvalue weighted by Crippen LogP contribution is 2.43. The van der Waals surface area contributed by atoms with Gasteiger partial charge in [0.1, 0.15) is 17.2 Å². The van der Waals surface area contributed by atoms with Gasteiger partial charge in [-0.3, -0.25) is 4.79 Å². The lowest BCUT2D eigenvalue weighted by Crippen LogP contribution is -2.59. The predicted molar refractivity (Wildman–Crippen MR) is 167 cm³/mol. The molecule has 2 aromatic carbocycles. The molecule has 2 atom stereocenters. The van der Waals surface area contributed by atoms with E-state index in [0.29, 0.717) is 47.4 Å². The summed E-state index contributed by atoms with van der Waals surface area (Å²) in [7, 11) is 4.10. The highest BCUT2D eigenvalue weighted by atomic mass is 35.5. The Kier molecular flexibility index (Phi) is 7.09. The number of aromatic amines is 1. The Labute approximate surface area is 250 Å². The standard InChI is InChI=1S/C31H36ClFN8O/c1-8-24(42)40-12-18(4)41(13-17(40)3)30-21-11-22(32)26(25-16(2)9-10-23-29(25)35-19(5)34-23)27(33)28(21)36-31(37-30)39-14-20(15-39)38(6)7/h8-11,17-18,20H,1,12-15H2,2-7H3,(H,34,35)/t17-,18+/m1/s1. The number of imidazole rings is 1. The summed E-state index contributed by atoms with van der Waals surface area (Å²) in [6, 6.07) is 5.84. The van der Waals surface area contributed by atoms with Gasteiger partial charge in [-0.2, -0.15) is 4.98 Å². The van der Waals surface area contributed by atoms with Crippen LogP contribution in [0.25, 0.3) is 33.1 Å². The first kappa shape index (κ1) is 28.4. The molecule has 0 aliphatic carbocycles. The molecule has 220 valence electrons. The SMILES string of the molecule is C=CC(=O)N1C[C@H](C)N(c2nc(N3CC(N(C)C)C3)nc3c(F)c(-c4c(C)ccc5nc(C)[nH]c45)c(Cl)cc23)C[C@H]1C. The normalized spacial score (nSPS) is 19.7. The lowest BCUT2D eigenvalue weighted by molar-refractivity contribution is -0.128. The minimum absolute atomic E-state index is 0.0764. The largest absolute Gasteiger partial charge is 0.349 e. The second-order valence-electron chi connectivity index (χ2n) is 11.8. The number of anilines is 2. The van der Waals surface area contributed by atoms with E-state index in [1.54, 1.807) is 6.07 Å². The lowest BCUT2D eigenvalue weighted by Gasteiger charge is -2.45. The monoisotopic (exact) mass is 590 g/mol. The van der Waals surface area contributed by atoms with E-state index >= 15 is 4.39 Å². The number of H-pyrrole nitrogens is 1. The van der Waals surface area contributed by atoms with Crippen LogP contribution in [0.4, 0.5) is 16.2 Å². The van der Waals surface area contributed by atoms with E-state index < -0.39 is 5.82 Å². The Balaban J connectivity index is 1.55. The number of carbonyl (C=O) groups excluding carboxylic acids is 1. The Morgan fingerprint density at radius 1 is 1.10 bits per heavy atom. The number of fused-ring (bicyclic) bond motifs is 2. The van der Waals surface area contributed by atoms with Crippen LogP contribution < -0.4 is 9.80 Å². The summed E-state index contributed by atoms with van der Waals surface area (Å²) in [5.41, 5.74) is 3.56. The van der Waals surface area contributed by atoms with E-state index in [4.69, 9.17) is 21.6 Å². The fraction of sp³-hybridized carbons (Fsp3) is 0.419. The van der Waals surface area contributed by atoms with Crippen molar-refractivity contribution in [3.8, 4) is 11.1 Å². The van der Waals surface area contributed by atoms with Gasteiger partial charge >= 0.3 is 0 Å². The third kappa shape index (κ3) is 4.57. The highest BCUT2D eigenvalue weighted by molar-refractivity contribution is 6.35. The average molecular weight is 591 g/mol. The molecule has 11 heteroatoms. The molecule has 1 N–H and O–H groups in total. The molecule has 6 rings (SSSR count). The van der Waals surface area contributed by atoms with E-state index in [-0.39, 0.29) is 28.5 Å². The molecular weight excluding hydrogens is 555 g/mol. The number of hydrogen-bond acceptors (Lipinski definition) is 7. The van der Waals surface area contributed by atoms with Gasteiger partial charge < -0.3 is 24.6 Å². The van der Waals surface area contributed by atoms with E-state index in [1.165, 1.54) is 6.08 Å². The van der Waals surface area contributed by atoms with Crippen LogP contribution in [0.1, 0.15) is 25.2 Å². The second-order valence-corrected chi connectivity index (χ2v) is 12.2. The molecule has 42 heavy (non-hydrogen) atoms. The number of nitrogens with zero attached hydrogens (tertiary/aromatic N) is 7. The first-order chi connectivity index (χ1) is 20.0. The molecule has 2 saturated heterocycles. The number of nitrogens with one attached hydrogen (secondary N) is 1. The van der Waals surface area contributed by atoms with E-state index in [1.807, 2.05) is 44.7 Å². The van der Waals surface area contributed by atoms with Crippen molar-refractivity contribution in [2.75, 3.05) is 50.1 Å². The maximum Gasteiger partial charge on any atom is 0.246 e. The maximum atomic E-state index is 16.9. The molecule has 2 aliphatic rings. The van der Waals surface area contributed by atoms with Gasteiger partial charge in [0.15, 0.2) is 5.82 Å². The van der Waals surface area contributed by atoms with Crippen LogP contribution in [-0.4, -0.2) is 94.0 Å². The van der Waals surface area contributed by atoms with Crippen molar-refractivity contribution in [2.24, 2.45) is 0 Å². The molecular formula is C31H36ClFN8O. The third-order valence-electron chi connectivity index (χ3n) is 8.68.